The fraction of sp³-hybridized carbons (Fsp3) is 0.571. The second kappa shape index (κ2) is 6.64. The zero-order chi connectivity index (χ0) is 13.0. The van der Waals surface area contributed by atoms with E-state index >= 15 is 0 Å². The lowest BCUT2D eigenvalue weighted by Crippen LogP contribution is -2.30. The van der Waals surface area contributed by atoms with Gasteiger partial charge < -0.3 is 9.64 Å². The normalized spacial score (nSPS) is 20.3. The highest BCUT2D eigenvalue weighted by atomic mass is 79.9. The predicted molar refractivity (Wildman–Crippen MR) is 74.0 cm³/mol. The van der Waals surface area contributed by atoms with Gasteiger partial charge >= 0.3 is 0 Å². The fourth-order valence-electron chi connectivity index (χ4n) is 2.40. The predicted octanol–water partition coefficient (Wildman–Crippen LogP) is 3.45. The van der Waals surface area contributed by atoms with E-state index in [2.05, 4.69) is 20.8 Å². The molecule has 1 saturated heterocycles. The highest BCUT2D eigenvalue weighted by Gasteiger charge is 2.16. The van der Waals surface area contributed by atoms with Crippen LogP contribution in [0.3, 0.4) is 0 Å². The van der Waals surface area contributed by atoms with Crippen molar-refractivity contribution in [2.24, 2.45) is 5.92 Å². The first-order chi connectivity index (χ1) is 8.65. The summed E-state index contributed by atoms with van der Waals surface area (Å²) in [5.74, 6) is 0.443. The number of rotatable bonds is 4. The molecule has 0 spiro atoms. The monoisotopic (exact) mass is 315 g/mol. The summed E-state index contributed by atoms with van der Waals surface area (Å²) in [6.45, 7) is 3.35. The lowest BCUT2D eigenvalue weighted by molar-refractivity contribution is 0.0410. The van der Waals surface area contributed by atoms with E-state index in [0.717, 1.165) is 36.2 Å². The van der Waals surface area contributed by atoms with Crippen LogP contribution < -0.4 is 0 Å². The van der Waals surface area contributed by atoms with Crippen molar-refractivity contribution in [2.75, 3.05) is 26.8 Å². The molecule has 0 aromatic heterocycles. The molecular weight excluding hydrogens is 297 g/mol. The first kappa shape index (κ1) is 14.0. The minimum Gasteiger partial charge on any atom is -0.381 e. The molecule has 1 heterocycles. The molecule has 18 heavy (non-hydrogen) atoms. The number of hydrogen-bond donors (Lipinski definition) is 0. The van der Waals surface area contributed by atoms with Gasteiger partial charge in [-0.1, -0.05) is 22.0 Å². The molecule has 0 radical (unpaired) electrons. The van der Waals surface area contributed by atoms with Crippen LogP contribution in [0.5, 0.6) is 0 Å². The molecule has 1 fully saturated rings. The maximum atomic E-state index is 13.7. The molecule has 0 aliphatic carbocycles. The van der Waals surface area contributed by atoms with Gasteiger partial charge in [0.15, 0.2) is 0 Å². The van der Waals surface area contributed by atoms with Crippen LogP contribution in [-0.2, 0) is 11.3 Å². The van der Waals surface area contributed by atoms with E-state index in [1.54, 1.807) is 0 Å². The molecule has 4 heteroatoms. The largest absolute Gasteiger partial charge is 0.381 e. The molecule has 0 amide bonds. The Morgan fingerprint density at radius 2 is 2.33 bits per heavy atom. The van der Waals surface area contributed by atoms with Gasteiger partial charge in [-0.3, -0.25) is 0 Å². The molecule has 2 nitrogen and oxygen atoms in total. The molecule has 1 unspecified atom stereocenters. The molecule has 1 aliphatic rings. The quantitative estimate of drug-likeness (QED) is 0.844. The highest BCUT2D eigenvalue weighted by molar-refractivity contribution is 9.10. The average molecular weight is 316 g/mol. The second-order valence-corrected chi connectivity index (χ2v) is 5.93. The van der Waals surface area contributed by atoms with E-state index in [4.69, 9.17) is 4.74 Å². The SMILES string of the molecule is CN(Cc1ccc(Br)cc1F)CC1CCCOC1. The smallest absolute Gasteiger partial charge is 0.128 e. The zero-order valence-corrected chi connectivity index (χ0v) is 12.2. The maximum absolute atomic E-state index is 13.7. The lowest BCUT2D eigenvalue weighted by atomic mass is 10.0. The molecule has 1 aliphatic heterocycles. The van der Waals surface area contributed by atoms with Gasteiger partial charge in [0.05, 0.1) is 6.61 Å². The van der Waals surface area contributed by atoms with Gasteiger partial charge in [-0.05, 0) is 37.9 Å². The number of hydrogen-bond acceptors (Lipinski definition) is 2. The Morgan fingerprint density at radius 1 is 1.50 bits per heavy atom. The first-order valence-corrected chi connectivity index (χ1v) is 7.14. The molecular formula is C14H19BrFNO. The Morgan fingerprint density at radius 3 is 3.00 bits per heavy atom. The van der Waals surface area contributed by atoms with Crippen molar-refractivity contribution in [1.82, 2.24) is 4.90 Å². The summed E-state index contributed by atoms with van der Waals surface area (Å²) in [6.07, 6.45) is 2.36. The van der Waals surface area contributed by atoms with E-state index in [9.17, 15) is 4.39 Å². The van der Waals surface area contributed by atoms with Crippen LogP contribution in [-0.4, -0.2) is 31.7 Å². The van der Waals surface area contributed by atoms with E-state index in [1.807, 2.05) is 19.2 Å². The minimum atomic E-state index is -0.142. The van der Waals surface area contributed by atoms with Gasteiger partial charge in [0, 0.05) is 29.7 Å². The van der Waals surface area contributed by atoms with Gasteiger partial charge in [0.2, 0.25) is 0 Å². The van der Waals surface area contributed by atoms with E-state index < -0.39 is 0 Å². The summed E-state index contributed by atoms with van der Waals surface area (Å²) in [5.41, 5.74) is 0.748. The van der Waals surface area contributed by atoms with Crippen LogP contribution in [0, 0.1) is 11.7 Å². The summed E-state index contributed by atoms with van der Waals surface area (Å²) in [5, 5.41) is 0. The van der Waals surface area contributed by atoms with Crippen LogP contribution in [0.25, 0.3) is 0 Å². The van der Waals surface area contributed by atoms with Gasteiger partial charge in [-0.15, -0.1) is 0 Å². The Balaban J connectivity index is 1.87. The molecule has 1 atom stereocenters. The van der Waals surface area contributed by atoms with Crippen LogP contribution >= 0.6 is 15.9 Å². The lowest BCUT2D eigenvalue weighted by Gasteiger charge is -2.27. The van der Waals surface area contributed by atoms with Crippen molar-refractivity contribution in [2.45, 2.75) is 19.4 Å². The highest BCUT2D eigenvalue weighted by Crippen LogP contribution is 2.18. The number of ether oxygens (including phenoxy) is 1. The number of nitrogens with zero attached hydrogens (tertiary/aromatic N) is 1. The van der Waals surface area contributed by atoms with E-state index in [0.29, 0.717) is 12.5 Å². The van der Waals surface area contributed by atoms with E-state index in [-0.39, 0.29) is 5.82 Å². The Bertz CT molecular complexity index is 393. The van der Waals surface area contributed by atoms with Crippen molar-refractivity contribution in [1.29, 1.82) is 0 Å². The van der Waals surface area contributed by atoms with Crippen LogP contribution in [0.4, 0.5) is 4.39 Å². The molecule has 100 valence electrons. The summed E-state index contributed by atoms with van der Waals surface area (Å²) in [4.78, 5) is 2.17. The third-order valence-corrected chi connectivity index (χ3v) is 3.77. The molecule has 1 aromatic carbocycles. The molecule has 2 rings (SSSR count). The topological polar surface area (TPSA) is 12.5 Å². The van der Waals surface area contributed by atoms with E-state index in [1.165, 1.54) is 12.5 Å². The van der Waals surface area contributed by atoms with Gasteiger partial charge in [0.1, 0.15) is 5.82 Å². The summed E-state index contributed by atoms with van der Waals surface area (Å²) < 4.78 is 20.0. The molecule has 1 aromatic rings. The minimum absolute atomic E-state index is 0.142. The van der Waals surface area contributed by atoms with Crippen molar-refractivity contribution in [3.63, 3.8) is 0 Å². The van der Waals surface area contributed by atoms with Crippen LogP contribution in [0.2, 0.25) is 0 Å². The van der Waals surface area contributed by atoms with Crippen molar-refractivity contribution < 1.29 is 9.13 Å². The Labute approximate surface area is 116 Å². The van der Waals surface area contributed by atoms with Crippen molar-refractivity contribution >= 4 is 15.9 Å². The van der Waals surface area contributed by atoms with Gasteiger partial charge in [-0.25, -0.2) is 4.39 Å². The van der Waals surface area contributed by atoms with Gasteiger partial charge in [-0.2, -0.15) is 0 Å². The third-order valence-electron chi connectivity index (χ3n) is 3.28. The standard InChI is InChI=1S/C14H19BrFNO/c1-17(8-11-3-2-6-18-10-11)9-12-4-5-13(15)7-14(12)16/h4-5,7,11H,2-3,6,8-10H2,1H3. The van der Waals surface area contributed by atoms with Gasteiger partial charge in [0.25, 0.3) is 0 Å². The number of benzene rings is 1. The zero-order valence-electron chi connectivity index (χ0n) is 10.7. The third kappa shape index (κ3) is 4.04. The number of halogens is 2. The molecule has 0 bridgehead atoms. The maximum Gasteiger partial charge on any atom is 0.128 e. The van der Waals surface area contributed by atoms with Crippen molar-refractivity contribution in [3.8, 4) is 0 Å². The van der Waals surface area contributed by atoms with Crippen LogP contribution in [0.1, 0.15) is 18.4 Å². The first-order valence-electron chi connectivity index (χ1n) is 6.35. The molecule has 0 N–H and O–H groups in total. The van der Waals surface area contributed by atoms with Crippen LogP contribution in [0.15, 0.2) is 22.7 Å². The fourth-order valence-corrected chi connectivity index (χ4v) is 2.73. The molecule has 0 saturated carbocycles. The Kier molecular flexibility index (Phi) is 5.15. The summed E-state index contributed by atoms with van der Waals surface area (Å²) >= 11 is 3.27. The summed E-state index contributed by atoms with van der Waals surface area (Å²) in [7, 11) is 2.04. The van der Waals surface area contributed by atoms with Crippen molar-refractivity contribution in [3.05, 3.63) is 34.1 Å². The average Bonchev–Trinajstić information content (AvgIpc) is 2.34. The summed E-state index contributed by atoms with van der Waals surface area (Å²) in [6, 6.07) is 5.25. The second-order valence-electron chi connectivity index (χ2n) is 5.02. The Hall–Kier alpha value is -0.450.